The molecule has 0 radical (unpaired) electrons. The highest BCUT2D eigenvalue weighted by Crippen LogP contribution is 2.35. The molecule has 0 spiro atoms. The zero-order valence-electron chi connectivity index (χ0n) is 11.4. The minimum atomic E-state index is -2.57. The number of hydrogen-bond donors (Lipinski definition) is 0. The summed E-state index contributed by atoms with van der Waals surface area (Å²) in [5.41, 5.74) is 1.15. The molecular formula is C13H12F2N4S2. The number of hydrogen-bond acceptors (Lipinski definition) is 5. The van der Waals surface area contributed by atoms with Crippen LogP contribution in [0.5, 0.6) is 0 Å². The quantitative estimate of drug-likeness (QED) is 0.532. The number of halogens is 2. The Morgan fingerprint density at radius 2 is 2.10 bits per heavy atom. The largest absolute Gasteiger partial charge is 0.319 e. The Balaban J connectivity index is 1.90. The van der Waals surface area contributed by atoms with E-state index >= 15 is 0 Å². The van der Waals surface area contributed by atoms with Gasteiger partial charge in [0.2, 0.25) is 0 Å². The van der Waals surface area contributed by atoms with Gasteiger partial charge in [-0.05, 0) is 19.4 Å². The summed E-state index contributed by atoms with van der Waals surface area (Å²) >= 11 is 3.02. The second-order valence-corrected chi connectivity index (χ2v) is 6.63. The van der Waals surface area contributed by atoms with Crippen molar-refractivity contribution in [3.63, 3.8) is 0 Å². The summed E-state index contributed by atoms with van der Waals surface area (Å²) in [6.45, 7) is 1.50. The molecule has 0 saturated carbocycles. The van der Waals surface area contributed by atoms with Crippen LogP contribution in [-0.4, -0.2) is 19.5 Å². The van der Waals surface area contributed by atoms with Crippen molar-refractivity contribution in [2.45, 2.75) is 31.2 Å². The van der Waals surface area contributed by atoms with Crippen molar-refractivity contribution in [3.05, 3.63) is 35.0 Å². The molecule has 21 heavy (non-hydrogen) atoms. The predicted molar refractivity (Wildman–Crippen MR) is 79.9 cm³/mol. The van der Waals surface area contributed by atoms with Gasteiger partial charge in [0.05, 0.1) is 5.75 Å². The molecule has 3 aromatic heterocycles. The number of imidazole rings is 1. The minimum absolute atomic E-state index is 0.339. The molecule has 4 nitrogen and oxygen atoms in total. The molecule has 110 valence electrons. The molecule has 0 bridgehead atoms. The van der Waals surface area contributed by atoms with Gasteiger partial charge < -0.3 is 0 Å². The first-order chi connectivity index (χ1) is 10.1. The lowest BCUT2D eigenvalue weighted by atomic mass is 10.2. The molecule has 0 aliphatic rings. The minimum Gasteiger partial charge on any atom is -0.277 e. The maximum atomic E-state index is 12.8. The molecule has 0 fully saturated rings. The van der Waals surface area contributed by atoms with Gasteiger partial charge in [0, 0.05) is 22.7 Å². The second-order valence-electron chi connectivity index (χ2n) is 4.46. The van der Waals surface area contributed by atoms with Crippen LogP contribution in [0.1, 0.15) is 22.8 Å². The topological polar surface area (TPSA) is 43.6 Å². The zero-order chi connectivity index (χ0) is 15.0. The van der Waals surface area contributed by atoms with Crippen LogP contribution in [0.4, 0.5) is 8.78 Å². The highest BCUT2D eigenvalue weighted by molar-refractivity contribution is 7.98. The van der Waals surface area contributed by atoms with Crippen LogP contribution in [0.3, 0.4) is 0 Å². The Morgan fingerprint density at radius 1 is 1.29 bits per heavy atom. The van der Waals surface area contributed by atoms with Crippen LogP contribution in [0.25, 0.3) is 10.2 Å². The van der Waals surface area contributed by atoms with Gasteiger partial charge in [0.25, 0.3) is 0 Å². The molecule has 0 aromatic carbocycles. The van der Waals surface area contributed by atoms with Gasteiger partial charge in [-0.1, -0.05) is 11.8 Å². The number of aryl methyl sites for hydroxylation is 2. The van der Waals surface area contributed by atoms with E-state index in [9.17, 15) is 8.78 Å². The van der Waals surface area contributed by atoms with Crippen molar-refractivity contribution in [2.75, 3.05) is 0 Å². The molecule has 3 aromatic rings. The smallest absolute Gasteiger partial charge is 0.277 e. The van der Waals surface area contributed by atoms with E-state index in [4.69, 9.17) is 0 Å². The fourth-order valence-electron chi connectivity index (χ4n) is 2.03. The third kappa shape index (κ3) is 2.65. The summed E-state index contributed by atoms with van der Waals surface area (Å²) in [4.78, 5) is 14.7. The highest BCUT2D eigenvalue weighted by Gasteiger charge is 2.15. The standard InChI is InChI=1S/C13H12F2N4S2/c1-7-8(2)21-12-10(7)11(17-6-18-12)20-5-9-16-3-4-19(9)13(14)15/h3-4,6,13H,5H2,1-2H3. The first-order valence-corrected chi connectivity index (χ1v) is 8.01. The molecule has 3 rings (SSSR count). The number of alkyl halides is 2. The number of nitrogens with zero attached hydrogens (tertiary/aromatic N) is 4. The van der Waals surface area contributed by atoms with Crippen LogP contribution in [0.15, 0.2) is 23.7 Å². The molecule has 0 unspecified atom stereocenters. The van der Waals surface area contributed by atoms with Gasteiger partial charge in [-0.3, -0.25) is 4.57 Å². The van der Waals surface area contributed by atoms with Crippen LogP contribution in [0.2, 0.25) is 0 Å². The molecule has 0 atom stereocenters. The van der Waals surface area contributed by atoms with Crippen molar-refractivity contribution in [1.82, 2.24) is 19.5 Å². The normalized spacial score (nSPS) is 11.7. The molecule has 0 aliphatic carbocycles. The molecule has 0 N–H and O–H groups in total. The summed E-state index contributed by atoms with van der Waals surface area (Å²) in [6, 6.07) is 0. The average molecular weight is 326 g/mol. The summed E-state index contributed by atoms with van der Waals surface area (Å²) < 4.78 is 26.5. The lowest BCUT2D eigenvalue weighted by molar-refractivity contribution is 0.0678. The number of rotatable bonds is 4. The van der Waals surface area contributed by atoms with Gasteiger partial charge in [0.1, 0.15) is 22.0 Å². The predicted octanol–water partition coefficient (Wildman–Crippen LogP) is 4.19. The lowest BCUT2D eigenvalue weighted by Gasteiger charge is -2.06. The highest BCUT2D eigenvalue weighted by atomic mass is 32.2. The van der Waals surface area contributed by atoms with E-state index in [-0.39, 0.29) is 0 Å². The van der Waals surface area contributed by atoms with Crippen LogP contribution < -0.4 is 0 Å². The Bertz CT molecular complexity index is 782. The van der Waals surface area contributed by atoms with Crippen molar-refractivity contribution >= 4 is 33.3 Å². The SMILES string of the molecule is Cc1sc2ncnc(SCc3nccn3C(F)F)c2c1C. The van der Waals surface area contributed by atoms with Gasteiger partial charge in [-0.2, -0.15) is 8.78 Å². The first-order valence-electron chi connectivity index (χ1n) is 6.21. The number of thiophene rings is 1. The van der Waals surface area contributed by atoms with E-state index in [2.05, 4.69) is 15.0 Å². The summed E-state index contributed by atoms with van der Waals surface area (Å²) in [7, 11) is 0. The Kier molecular flexibility index (Phi) is 3.90. The third-order valence-corrected chi connectivity index (χ3v) is 5.33. The summed E-state index contributed by atoms with van der Waals surface area (Å²) in [5.74, 6) is 0.684. The maximum Gasteiger partial charge on any atom is 0.319 e. The Labute approximate surface area is 128 Å². The molecular weight excluding hydrogens is 314 g/mol. The van der Waals surface area contributed by atoms with E-state index < -0.39 is 6.55 Å². The monoisotopic (exact) mass is 326 g/mol. The van der Waals surface area contributed by atoms with Gasteiger partial charge >= 0.3 is 6.55 Å². The molecule has 8 heteroatoms. The van der Waals surface area contributed by atoms with Gasteiger partial charge in [-0.15, -0.1) is 11.3 Å². The second kappa shape index (κ2) is 5.69. The molecule has 3 heterocycles. The summed E-state index contributed by atoms with van der Waals surface area (Å²) in [5, 5.41) is 1.82. The van der Waals surface area contributed by atoms with Gasteiger partial charge in [0.15, 0.2) is 0 Å². The van der Waals surface area contributed by atoms with Crippen LogP contribution in [0, 0.1) is 13.8 Å². The van der Waals surface area contributed by atoms with Crippen molar-refractivity contribution in [1.29, 1.82) is 0 Å². The Hall–Kier alpha value is -1.54. The lowest BCUT2D eigenvalue weighted by Crippen LogP contribution is -2.02. The van der Waals surface area contributed by atoms with E-state index in [0.717, 1.165) is 25.4 Å². The van der Waals surface area contributed by atoms with E-state index in [1.807, 2.05) is 13.8 Å². The average Bonchev–Trinajstić information content (AvgIpc) is 3.03. The van der Waals surface area contributed by atoms with Crippen LogP contribution in [-0.2, 0) is 5.75 Å². The van der Waals surface area contributed by atoms with Gasteiger partial charge in [-0.25, -0.2) is 15.0 Å². The number of fused-ring (bicyclic) bond motifs is 1. The molecule has 0 aliphatic heterocycles. The van der Waals surface area contributed by atoms with Crippen molar-refractivity contribution in [3.8, 4) is 0 Å². The molecule has 0 saturated heterocycles. The third-order valence-electron chi connectivity index (χ3n) is 3.23. The zero-order valence-corrected chi connectivity index (χ0v) is 13.0. The maximum absolute atomic E-state index is 12.8. The number of aromatic nitrogens is 4. The van der Waals surface area contributed by atoms with E-state index in [0.29, 0.717) is 11.6 Å². The van der Waals surface area contributed by atoms with Crippen molar-refractivity contribution < 1.29 is 8.78 Å². The van der Waals surface area contributed by atoms with E-state index in [1.165, 1.54) is 35.4 Å². The number of thioether (sulfide) groups is 1. The fraction of sp³-hybridized carbons (Fsp3) is 0.308. The van der Waals surface area contributed by atoms with E-state index in [1.54, 1.807) is 11.3 Å². The summed E-state index contributed by atoms with van der Waals surface area (Å²) in [6.07, 6.45) is 4.19. The molecule has 0 amide bonds. The van der Waals surface area contributed by atoms with Crippen LogP contribution >= 0.6 is 23.1 Å². The van der Waals surface area contributed by atoms with Crippen molar-refractivity contribution in [2.24, 2.45) is 0 Å². The first kappa shape index (κ1) is 14.4. The fourth-order valence-corrected chi connectivity index (χ4v) is 4.09. The Morgan fingerprint density at radius 3 is 2.86 bits per heavy atom.